The number of fused-ring (bicyclic) bond motifs is 1. The zero-order valence-corrected chi connectivity index (χ0v) is 10.8. The van der Waals surface area contributed by atoms with Gasteiger partial charge in [-0.25, -0.2) is 4.98 Å². The number of phenolic OH excluding ortho intramolecular Hbond substituents is 2. The van der Waals surface area contributed by atoms with Crippen LogP contribution in [0.1, 0.15) is 24.4 Å². The van der Waals surface area contributed by atoms with Crippen LogP contribution in [-0.4, -0.2) is 31.2 Å². The summed E-state index contributed by atoms with van der Waals surface area (Å²) in [5.41, 5.74) is 0.914. The van der Waals surface area contributed by atoms with E-state index in [0.717, 1.165) is 31.0 Å². The Morgan fingerprint density at radius 1 is 1.16 bits per heavy atom. The average Bonchev–Trinajstić information content (AvgIpc) is 2.83. The molecule has 1 aromatic heterocycles. The summed E-state index contributed by atoms with van der Waals surface area (Å²) in [5.74, 6) is 1.25. The van der Waals surface area contributed by atoms with Crippen LogP contribution in [0.5, 0.6) is 11.5 Å². The Morgan fingerprint density at radius 2 is 1.89 bits per heavy atom. The van der Waals surface area contributed by atoms with Gasteiger partial charge in [-0.3, -0.25) is 4.90 Å². The van der Waals surface area contributed by atoms with Gasteiger partial charge in [0, 0.05) is 37.6 Å². The van der Waals surface area contributed by atoms with Crippen molar-refractivity contribution < 1.29 is 10.2 Å². The Balaban J connectivity index is 1.83. The number of aromatic nitrogens is 2. The number of hydrogen-bond acceptors (Lipinski definition) is 4. The minimum absolute atomic E-state index is 0.0976. The van der Waals surface area contributed by atoms with Gasteiger partial charge in [0.1, 0.15) is 17.3 Å². The third kappa shape index (κ3) is 2.29. The second-order valence-corrected chi connectivity index (χ2v) is 4.97. The highest BCUT2D eigenvalue weighted by atomic mass is 16.3. The molecule has 0 amide bonds. The van der Waals surface area contributed by atoms with Crippen molar-refractivity contribution in [2.24, 2.45) is 0 Å². The summed E-state index contributed by atoms with van der Waals surface area (Å²) in [4.78, 5) is 6.63. The molecule has 100 valence electrons. The lowest BCUT2D eigenvalue weighted by atomic mass is 10.1. The zero-order chi connectivity index (χ0) is 13.4. The highest BCUT2D eigenvalue weighted by Crippen LogP contribution is 2.29. The quantitative estimate of drug-likeness (QED) is 0.864. The second kappa shape index (κ2) is 4.59. The van der Waals surface area contributed by atoms with E-state index in [1.807, 2.05) is 12.4 Å². The molecule has 2 heterocycles. The van der Waals surface area contributed by atoms with Crippen LogP contribution < -0.4 is 0 Å². The Bertz CT molecular complexity index is 574. The van der Waals surface area contributed by atoms with Crippen molar-refractivity contribution in [3.05, 3.63) is 42.0 Å². The molecule has 5 nitrogen and oxygen atoms in total. The SMILES string of the molecule is CC(c1cc(O)cc(O)c1)N1CCn2ccnc2C1. The molecule has 0 radical (unpaired) electrons. The minimum Gasteiger partial charge on any atom is -0.508 e. The number of phenols is 2. The maximum Gasteiger partial charge on any atom is 0.122 e. The largest absolute Gasteiger partial charge is 0.508 e. The molecule has 5 heteroatoms. The third-order valence-electron chi connectivity index (χ3n) is 3.73. The third-order valence-corrected chi connectivity index (χ3v) is 3.73. The van der Waals surface area contributed by atoms with Gasteiger partial charge in [-0.15, -0.1) is 0 Å². The molecule has 1 aliphatic rings. The molecule has 2 N–H and O–H groups in total. The van der Waals surface area contributed by atoms with Crippen LogP contribution >= 0.6 is 0 Å². The molecule has 1 atom stereocenters. The molecule has 3 rings (SSSR count). The van der Waals surface area contributed by atoms with E-state index in [4.69, 9.17) is 0 Å². The highest BCUT2D eigenvalue weighted by molar-refractivity contribution is 5.38. The van der Waals surface area contributed by atoms with E-state index in [-0.39, 0.29) is 17.5 Å². The maximum atomic E-state index is 9.57. The average molecular weight is 259 g/mol. The summed E-state index contributed by atoms with van der Waals surface area (Å²) < 4.78 is 2.16. The molecule has 0 fully saturated rings. The molecule has 1 aromatic carbocycles. The van der Waals surface area contributed by atoms with Gasteiger partial charge in [0.25, 0.3) is 0 Å². The molecule has 1 unspecified atom stereocenters. The first-order chi connectivity index (χ1) is 9.13. The second-order valence-electron chi connectivity index (χ2n) is 4.97. The zero-order valence-electron chi connectivity index (χ0n) is 10.8. The van der Waals surface area contributed by atoms with Crippen LogP contribution in [-0.2, 0) is 13.1 Å². The molecular formula is C14H17N3O2. The Labute approximate surface area is 111 Å². The van der Waals surface area contributed by atoms with Crippen LogP contribution in [0.4, 0.5) is 0 Å². The summed E-state index contributed by atoms with van der Waals surface area (Å²) >= 11 is 0. The van der Waals surface area contributed by atoms with E-state index in [2.05, 4.69) is 21.4 Å². The van der Waals surface area contributed by atoms with E-state index in [9.17, 15) is 10.2 Å². The van der Waals surface area contributed by atoms with Crippen molar-refractivity contribution in [3.8, 4) is 11.5 Å². The Morgan fingerprint density at radius 3 is 2.63 bits per heavy atom. The number of benzene rings is 1. The van der Waals surface area contributed by atoms with Crippen LogP contribution in [0.25, 0.3) is 0 Å². The molecule has 0 spiro atoms. The summed E-state index contributed by atoms with van der Waals surface area (Å²) in [5, 5.41) is 19.1. The van der Waals surface area contributed by atoms with Crippen molar-refractivity contribution >= 4 is 0 Å². The van der Waals surface area contributed by atoms with Gasteiger partial charge in [0.15, 0.2) is 0 Å². The predicted molar refractivity (Wildman–Crippen MR) is 70.8 cm³/mol. The van der Waals surface area contributed by atoms with Crippen LogP contribution in [0, 0.1) is 0 Å². The summed E-state index contributed by atoms with van der Waals surface area (Å²) in [6.45, 7) is 4.71. The molecular weight excluding hydrogens is 242 g/mol. The fourth-order valence-corrected chi connectivity index (χ4v) is 2.59. The molecule has 1 aliphatic heterocycles. The Hall–Kier alpha value is -2.01. The fraction of sp³-hybridized carbons (Fsp3) is 0.357. The van der Waals surface area contributed by atoms with Gasteiger partial charge < -0.3 is 14.8 Å². The molecule has 0 bridgehead atoms. The van der Waals surface area contributed by atoms with Gasteiger partial charge in [0.2, 0.25) is 0 Å². The number of imidazole rings is 1. The number of nitrogens with zero attached hydrogens (tertiary/aromatic N) is 3. The smallest absolute Gasteiger partial charge is 0.122 e. The lowest BCUT2D eigenvalue weighted by molar-refractivity contribution is 0.163. The Kier molecular flexibility index (Phi) is 2.91. The van der Waals surface area contributed by atoms with Gasteiger partial charge in [-0.2, -0.15) is 0 Å². The van der Waals surface area contributed by atoms with E-state index in [0.29, 0.717) is 0 Å². The lowest BCUT2D eigenvalue weighted by Gasteiger charge is -2.33. The van der Waals surface area contributed by atoms with Crippen molar-refractivity contribution in [3.63, 3.8) is 0 Å². The molecule has 2 aromatic rings. The van der Waals surface area contributed by atoms with Gasteiger partial charge >= 0.3 is 0 Å². The fourth-order valence-electron chi connectivity index (χ4n) is 2.59. The first-order valence-electron chi connectivity index (χ1n) is 6.40. The highest BCUT2D eigenvalue weighted by Gasteiger charge is 2.22. The first-order valence-corrected chi connectivity index (χ1v) is 6.40. The van der Waals surface area contributed by atoms with Gasteiger partial charge in [-0.1, -0.05) is 0 Å². The molecule has 0 aliphatic carbocycles. The monoisotopic (exact) mass is 259 g/mol. The van der Waals surface area contributed by atoms with Crippen LogP contribution in [0.3, 0.4) is 0 Å². The number of rotatable bonds is 2. The van der Waals surface area contributed by atoms with E-state index < -0.39 is 0 Å². The van der Waals surface area contributed by atoms with Crippen LogP contribution in [0.2, 0.25) is 0 Å². The van der Waals surface area contributed by atoms with Gasteiger partial charge in [-0.05, 0) is 24.6 Å². The summed E-state index contributed by atoms with van der Waals surface area (Å²) in [7, 11) is 0. The standard InChI is InChI=1S/C14H17N3O2/c1-10(11-6-12(18)8-13(19)7-11)17-5-4-16-3-2-15-14(16)9-17/h2-3,6-8,10,18-19H,4-5,9H2,1H3. The van der Waals surface area contributed by atoms with Crippen molar-refractivity contribution in [1.29, 1.82) is 0 Å². The molecule has 0 saturated carbocycles. The van der Waals surface area contributed by atoms with Crippen molar-refractivity contribution in [2.45, 2.75) is 26.1 Å². The number of aromatic hydroxyl groups is 2. The first kappa shape index (κ1) is 12.0. The topological polar surface area (TPSA) is 61.5 Å². The number of hydrogen-bond donors (Lipinski definition) is 2. The van der Waals surface area contributed by atoms with Crippen molar-refractivity contribution in [1.82, 2.24) is 14.5 Å². The molecule has 0 saturated heterocycles. The minimum atomic E-state index is 0.0976. The predicted octanol–water partition coefficient (Wildman–Crippen LogP) is 1.87. The van der Waals surface area contributed by atoms with E-state index in [1.54, 1.807) is 12.1 Å². The van der Waals surface area contributed by atoms with Gasteiger partial charge in [0.05, 0.1) is 6.54 Å². The van der Waals surface area contributed by atoms with E-state index in [1.165, 1.54) is 6.07 Å². The lowest BCUT2D eigenvalue weighted by Crippen LogP contribution is -2.35. The summed E-state index contributed by atoms with van der Waals surface area (Å²) in [6.07, 6.45) is 3.82. The van der Waals surface area contributed by atoms with E-state index >= 15 is 0 Å². The summed E-state index contributed by atoms with van der Waals surface area (Å²) in [6, 6.07) is 4.87. The maximum absolute atomic E-state index is 9.57. The normalized spacial score (nSPS) is 17.1. The molecule has 19 heavy (non-hydrogen) atoms. The van der Waals surface area contributed by atoms with Crippen molar-refractivity contribution in [2.75, 3.05) is 6.54 Å². The van der Waals surface area contributed by atoms with Crippen LogP contribution in [0.15, 0.2) is 30.6 Å².